The van der Waals surface area contributed by atoms with Crippen LogP contribution in [0.1, 0.15) is 24.0 Å². The Balaban J connectivity index is 1.16. The van der Waals surface area contributed by atoms with Crippen LogP contribution in [0.4, 0.5) is 11.4 Å². The molecule has 2 aliphatic rings. The molecule has 5 rings (SSSR count). The number of nitrogens with zero attached hydrogens (tertiary/aromatic N) is 2. The van der Waals surface area contributed by atoms with Crippen molar-refractivity contribution < 1.29 is 29.8 Å². The maximum Gasteiger partial charge on any atom is 0.292 e. The summed E-state index contributed by atoms with van der Waals surface area (Å²) in [6.45, 7) is 1.32. The van der Waals surface area contributed by atoms with Gasteiger partial charge in [-0.25, -0.2) is 9.80 Å². The van der Waals surface area contributed by atoms with E-state index in [0.29, 0.717) is 34.5 Å². The zero-order valence-corrected chi connectivity index (χ0v) is 23.3. The third kappa shape index (κ3) is 6.26. The average molecular weight is 582 g/mol. The van der Waals surface area contributed by atoms with Gasteiger partial charge in [-0.05, 0) is 59.7 Å². The van der Waals surface area contributed by atoms with E-state index >= 15 is 0 Å². The van der Waals surface area contributed by atoms with Crippen LogP contribution >= 0.6 is 23.2 Å². The van der Waals surface area contributed by atoms with E-state index < -0.39 is 12.1 Å². The fourth-order valence-corrected chi connectivity index (χ4v) is 5.43. The minimum absolute atomic E-state index is 0.123. The summed E-state index contributed by atoms with van der Waals surface area (Å²) in [5.41, 5.74) is 3.07. The maximum atomic E-state index is 13.0. The molecule has 2 saturated heterocycles. The molecule has 8 nitrogen and oxygen atoms in total. The molecule has 0 aliphatic carbocycles. The second-order valence-corrected chi connectivity index (χ2v) is 10.9. The van der Waals surface area contributed by atoms with Gasteiger partial charge in [-0.2, -0.15) is 0 Å². The van der Waals surface area contributed by atoms with Crippen molar-refractivity contribution in [2.45, 2.75) is 37.8 Å². The Morgan fingerprint density at radius 1 is 0.575 bits per heavy atom. The molecular formula is C30H30Cl2N4O4+2. The van der Waals surface area contributed by atoms with E-state index in [1.807, 2.05) is 59.2 Å². The molecule has 0 spiro atoms. The van der Waals surface area contributed by atoms with E-state index in [9.17, 15) is 19.2 Å². The second-order valence-electron chi connectivity index (χ2n) is 10.1. The Bertz CT molecular complexity index is 1300. The highest BCUT2D eigenvalue weighted by atomic mass is 35.5. The van der Waals surface area contributed by atoms with Crippen LogP contribution in [0.15, 0.2) is 72.8 Å². The Kier molecular flexibility index (Phi) is 8.61. The van der Waals surface area contributed by atoms with Crippen molar-refractivity contribution in [3.8, 4) is 0 Å². The average Bonchev–Trinajstić information content (AvgIpc) is 3.39. The van der Waals surface area contributed by atoms with Crippen molar-refractivity contribution in [3.05, 3.63) is 94.0 Å². The van der Waals surface area contributed by atoms with Gasteiger partial charge in [0.1, 0.15) is 0 Å². The molecule has 3 aromatic rings. The summed E-state index contributed by atoms with van der Waals surface area (Å²) in [4.78, 5) is 53.9. The third-order valence-electron chi connectivity index (χ3n) is 7.32. The molecule has 4 amide bonds. The summed E-state index contributed by atoms with van der Waals surface area (Å²) in [7, 11) is 0. The van der Waals surface area contributed by atoms with Gasteiger partial charge in [0.05, 0.1) is 37.3 Å². The van der Waals surface area contributed by atoms with Crippen LogP contribution in [0, 0.1) is 0 Å². The van der Waals surface area contributed by atoms with Gasteiger partial charge in [-0.15, -0.1) is 0 Å². The molecule has 0 radical (unpaired) electrons. The van der Waals surface area contributed by atoms with Crippen molar-refractivity contribution in [2.75, 3.05) is 22.9 Å². The molecule has 3 aromatic carbocycles. The van der Waals surface area contributed by atoms with E-state index in [-0.39, 0.29) is 36.5 Å². The van der Waals surface area contributed by atoms with Crippen molar-refractivity contribution in [1.29, 1.82) is 0 Å². The van der Waals surface area contributed by atoms with Crippen LogP contribution in [0.2, 0.25) is 10.0 Å². The molecule has 40 heavy (non-hydrogen) atoms. The number of halogens is 2. The monoisotopic (exact) mass is 580 g/mol. The van der Waals surface area contributed by atoms with Crippen molar-refractivity contribution in [1.82, 2.24) is 0 Å². The Hall–Kier alpha value is -3.56. The van der Waals surface area contributed by atoms with Gasteiger partial charge in [-0.3, -0.25) is 19.2 Å². The van der Waals surface area contributed by atoms with E-state index in [1.54, 1.807) is 24.3 Å². The largest absolute Gasteiger partial charge is 0.335 e. The summed E-state index contributed by atoms with van der Waals surface area (Å²) in [6, 6.07) is 20.6. The van der Waals surface area contributed by atoms with Gasteiger partial charge in [0.15, 0.2) is 12.1 Å². The second kappa shape index (κ2) is 12.3. The molecule has 0 unspecified atom stereocenters. The van der Waals surface area contributed by atoms with Gasteiger partial charge in [-0.1, -0.05) is 47.5 Å². The molecule has 2 fully saturated rings. The number of anilines is 2. The quantitative estimate of drug-likeness (QED) is 0.357. The van der Waals surface area contributed by atoms with E-state index in [0.717, 1.165) is 24.0 Å². The summed E-state index contributed by atoms with van der Waals surface area (Å²) in [6.07, 6.45) is 1.75. The number of hydrogen-bond acceptors (Lipinski definition) is 4. The lowest BCUT2D eigenvalue weighted by Gasteiger charge is -2.17. The van der Waals surface area contributed by atoms with Crippen LogP contribution in [-0.4, -0.2) is 48.8 Å². The lowest BCUT2D eigenvalue weighted by atomic mass is 10.1. The van der Waals surface area contributed by atoms with E-state index in [4.69, 9.17) is 23.2 Å². The molecule has 206 valence electrons. The number of imide groups is 2. The van der Waals surface area contributed by atoms with Gasteiger partial charge in [0.25, 0.3) is 11.8 Å². The van der Waals surface area contributed by atoms with Crippen LogP contribution in [-0.2, 0) is 32.0 Å². The number of nitrogens with two attached hydrogens (primary N) is 2. The minimum atomic E-state index is -0.481. The summed E-state index contributed by atoms with van der Waals surface area (Å²) < 4.78 is 0. The number of benzene rings is 3. The first kappa shape index (κ1) is 28.0. The van der Waals surface area contributed by atoms with Crippen LogP contribution < -0.4 is 20.4 Å². The first-order valence-corrected chi connectivity index (χ1v) is 14.0. The SMILES string of the molecule is O=C1C[C@H]([NH2+]CCc2ccc(Cl)cc2)C(=O)N1c1ccc(N2C(=O)C[C@H]([NH2+]CCc3ccc(Cl)cc3)C2=O)cc1. The number of carbonyl (C=O) groups is 4. The number of carbonyl (C=O) groups excluding carboxylic acids is 4. The summed E-state index contributed by atoms with van der Waals surface area (Å²) >= 11 is 11.9. The fraction of sp³-hybridized carbons (Fsp3) is 0.267. The summed E-state index contributed by atoms with van der Waals surface area (Å²) in [5.74, 6) is -1.07. The molecule has 0 bridgehead atoms. The van der Waals surface area contributed by atoms with Gasteiger partial charge < -0.3 is 10.6 Å². The predicted molar refractivity (Wildman–Crippen MR) is 152 cm³/mol. The number of quaternary nitrogens is 2. The molecule has 2 heterocycles. The highest BCUT2D eigenvalue weighted by molar-refractivity contribution is 6.30. The molecule has 0 saturated carbocycles. The van der Waals surface area contributed by atoms with Gasteiger partial charge >= 0.3 is 0 Å². The van der Waals surface area contributed by atoms with Crippen molar-refractivity contribution >= 4 is 58.2 Å². The topological polar surface area (TPSA) is 108 Å². The van der Waals surface area contributed by atoms with Crippen LogP contribution in [0.3, 0.4) is 0 Å². The molecular weight excluding hydrogens is 551 g/mol. The van der Waals surface area contributed by atoms with Crippen LogP contribution in [0.5, 0.6) is 0 Å². The fourth-order valence-electron chi connectivity index (χ4n) is 5.18. The van der Waals surface area contributed by atoms with Crippen molar-refractivity contribution in [2.24, 2.45) is 0 Å². The number of hydrogen-bond donors (Lipinski definition) is 2. The van der Waals surface area contributed by atoms with Crippen molar-refractivity contribution in [3.63, 3.8) is 0 Å². The normalized spacial score (nSPS) is 19.2. The van der Waals surface area contributed by atoms with Gasteiger partial charge in [0.2, 0.25) is 11.8 Å². The molecule has 0 aromatic heterocycles. The molecule has 2 aliphatic heterocycles. The molecule has 4 N–H and O–H groups in total. The zero-order valence-electron chi connectivity index (χ0n) is 21.8. The predicted octanol–water partition coefficient (Wildman–Crippen LogP) is 1.87. The third-order valence-corrected chi connectivity index (χ3v) is 7.83. The lowest BCUT2D eigenvalue weighted by molar-refractivity contribution is -0.674. The van der Waals surface area contributed by atoms with Gasteiger partial charge in [0, 0.05) is 22.9 Å². The molecule has 2 atom stereocenters. The zero-order chi connectivity index (χ0) is 28.2. The highest BCUT2D eigenvalue weighted by Gasteiger charge is 2.44. The van der Waals surface area contributed by atoms with E-state index in [2.05, 4.69) is 0 Å². The molecule has 10 heteroatoms. The first-order valence-electron chi connectivity index (χ1n) is 13.3. The first-order chi connectivity index (χ1) is 19.3. The minimum Gasteiger partial charge on any atom is -0.335 e. The highest BCUT2D eigenvalue weighted by Crippen LogP contribution is 2.27. The number of rotatable bonds is 10. The van der Waals surface area contributed by atoms with Crippen LogP contribution in [0.25, 0.3) is 0 Å². The smallest absolute Gasteiger partial charge is 0.292 e. The Labute approximate surface area is 242 Å². The number of amides is 4. The standard InChI is InChI=1S/C30H28Cl2N4O4/c31-21-5-1-19(2-6-21)13-15-33-25-17-27(37)35(29(25)39)23-9-11-24(12-10-23)36-28(38)18-26(30(36)40)34-16-14-20-3-7-22(32)8-4-20/h1-12,25-26,33-34H,13-18H2/p+2/t25-,26-/m0/s1. The Morgan fingerprint density at radius 2 is 0.925 bits per heavy atom. The maximum absolute atomic E-state index is 13.0. The summed E-state index contributed by atoms with van der Waals surface area (Å²) in [5, 5.41) is 5.14. The Morgan fingerprint density at radius 3 is 1.27 bits per heavy atom. The van der Waals surface area contributed by atoms with E-state index in [1.165, 1.54) is 9.80 Å². The lowest BCUT2D eigenvalue weighted by Crippen LogP contribution is -2.92.